The average molecular weight is 445 g/mol. The minimum absolute atomic E-state index is 0.0161. The number of hydrogen-bond acceptors (Lipinski definition) is 9. The molecule has 1 aliphatic heterocycles. The van der Waals surface area contributed by atoms with E-state index < -0.39 is 11.5 Å². The van der Waals surface area contributed by atoms with Crippen LogP contribution in [0, 0.1) is 0 Å². The molecule has 4 rings (SSSR count). The number of benzene rings is 1. The molecule has 0 atom stereocenters. The van der Waals surface area contributed by atoms with Crippen LogP contribution in [0.4, 0.5) is 17.2 Å². The molecule has 0 bridgehead atoms. The maximum atomic E-state index is 12.3. The monoisotopic (exact) mass is 445 g/mol. The molecule has 0 fully saturated rings. The van der Waals surface area contributed by atoms with Crippen molar-refractivity contribution in [3.05, 3.63) is 50.9 Å². The quantitative estimate of drug-likeness (QED) is 0.333. The second-order valence-electron chi connectivity index (χ2n) is 5.97. The fourth-order valence-electron chi connectivity index (χ4n) is 2.55. The summed E-state index contributed by atoms with van der Waals surface area (Å²) in [6.45, 7) is 0.146. The Labute approximate surface area is 177 Å². The number of hydrogen-bond donors (Lipinski definition) is 4. The highest BCUT2D eigenvalue weighted by Gasteiger charge is 2.16. The van der Waals surface area contributed by atoms with E-state index in [0.29, 0.717) is 22.1 Å². The van der Waals surface area contributed by atoms with Crippen molar-refractivity contribution in [3.63, 3.8) is 0 Å². The van der Waals surface area contributed by atoms with Gasteiger partial charge < -0.3 is 25.8 Å². The Hall–Kier alpha value is -3.51. The lowest BCUT2D eigenvalue weighted by atomic mass is 10.3. The summed E-state index contributed by atoms with van der Waals surface area (Å²) in [6, 6.07) is 8.40. The molecule has 12 heteroatoms. The zero-order valence-corrected chi connectivity index (χ0v) is 16.9. The highest BCUT2D eigenvalue weighted by atomic mass is 32.2. The van der Waals surface area contributed by atoms with Crippen LogP contribution in [0.1, 0.15) is 9.67 Å². The average Bonchev–Trinajstić information content (AvgIpc) is 3.40. The summed E-state index contributed by atoms with van der Waals surface area (Å²) in [4.78, 5) is 43.6. The Balaban J connectivity index is 1.37. The van der Waals surface area contributed by atoms with Crippen molar-refractivity contribution in [3.8, 4) is 11.5 Å². The Kier molecular flexibility index (Phi) is 5.59. The van der Waals surface area contributed by atoms with Crippen LogP contribution in [0.25, 0.3) is 0 Å². The van der Waals surface area contributed by atoms with Crippen LogP contribution in [0.2, 0.25) is 0 Å². The van der Waals surface area contributed by atoms with Gasteiger partial charge >= 0.3 is 0 Å². The van der Waals surface area contributed by atoms with Crippen molar-refractivity contribution in [2.75, 3.05) is 28.9 Å². The third-order valence-corrected chi connectivity index (χ3v) is 5.65. The number of nitrogens with two attached hydrogens (primary N) is 1. The van der Waals surface area contributed by atoms with Gasteiger partial charge in [-0.2, -0.15) is 0 Å². The molecule has 10 nitrogen and oxygen atoms in total. The summed E-state index contributed by atoms with van der Waals surface area (Å²) < 4.78 is 10.5. The molecule has 2 amide bonds. The predicted molar refractivity (Wildman–Crippen MR) is 113 cm³/mol. The van der Waals surface area contributed by atoms with E-state index in [9.17, 15) is 14.4 Å². The Bertz CT molecular complexity index is 1160. The molecule has 30 heavy (non-hydrogen) atoms. The van der Waals surface area contributed by atoms with Gasteiger partial charge in [-0.1, -0.05) is 17.8 Å². The third-order valence-electron chi connectivity index (χ3n) is 3.91. The first-order valence-corrected chi connectivity index (χ1v) is 10.4. The van der Waals surface area contributed by atoms with Crippen LogP contribution >= 0.6 is 23.1 Å². The minimum Gasteiger partial charge on any atom is -0.454 e. The summed E-state index contributed by atoms with van der Waals surface area (Å²) in [5.74, 6) is 0.257. The number of rotatable bonds is 6. The molecule has 1 aliphatic rings. The van der Waals surface area contributed by atoms with E-state index in [2.05, 4.69) is 20.6 Å². The number of ether oxygens (including phenoxy) is 2. The zero-order valence-electron chi connectivity index (χ0n) is 15.3. The number of carbonyl (C=O) groups is 2. The number of thiophene rings is 1. The van der Waals surface area contributed by atoms with Gasteiger partial charge in [-0.15, -0.1) is 11.3 Å². The number of thioether (sulfide) groups is 1. The van der Waals surface area contributed by atoms with E-state index in [0.717, 1.165) is 11.8 Å². The van der Waals surface area contributed by atoms with Gasteiger partial charge in [0.2, 0.25) is 12.7 Å². The molecule has 0 saturated heterocycles. The van der Waals surface area contributed by atoms with Gasteiger partial charge in [0.1, 0.15) is 0 Å². The number of nitrogen functional groups attached to an aromatic ring is 1. The van der Waals surface area contributed by atoms with E-state index in [1.807, 2.05) is 0 Å². The summed E-state index contributed by atoms with van der Waals surface area (Å²) in [7, 11) is 0. The van der Waals surface area contributed by atoms with Gasteiger partial charge in [-0.25, -0.2) is 4.98 Å². The van der Waals surface area contributed by atoms with Gasteiger partial charge in [0, 0.05) is 11.8 Å². The molecule has 3 heterocycles. The molecule has 154 valence electrons. The number of fused-ring (bicyclic) bond motifs is 1. The standard InChI is InChI=1S/C18H15N5O5S2/c19-15-14(21-16(25)12-2-1-5-29-12)17(26)23-18(22-15)30-7-13(24)20-9-3-4-10-11(6-9)28-8-27-10/h1-6H,7-8H2,(H,20,24)(H,21,25)(H3,19,22,23,26). The van der Waals surface area contributed by atoms with E-state index in [-0.39, 0.29) is 35.1 Å². The number of amides is 2. The first kappa shape index (κ1) is 19.8. The van der Waals surface area contributed by atoms with Gasteiger partial charge in [0.15, 0.2) is 28.2 Å². The minimum atomic E-state index is -0.605. The summed E-state index contributed by atoms with van der Waals surface area (Å²) in [6.07, 6.45) is 0. The highest BCUT2D eigenvalue weighted by Crippen LogP contribution is 2.34. The van der Waals surface area contributed by atoms with Crippen LogP contribution in [-0.4, -0.2) is 34.3 Å². The molecular weight excluding hydrogens is 430 g/mol. The number of aromatic amines is 1. The topological polar surface area (TPSA) is 148 Å². The lowest BCUT2D eigenvalue weighted by Crippen LogP contribution is -2.23. The lowest BCUT2D eigenvalue weighted by Gasteiger charge is -2.08. The maximum absolute atomic E-state index is 12.3. The van der Waals surface area contributed by atoms with Crippen LogP contribution in [0.5, 0.6) is 11.5 Å². The summed E-state index contributed by atoms with van der Waals surface area (Å²) in [5, 5.41) is 7.08. The number of anilines is 3. The molecule has 0 unspecified atom stereocenters. The number of nitrogens with one attached hydrogen (secondary N) is 3. The fraction of sp³-hybridized carbons (Fsp3) is 0.111. The molecular formula is C18H15N5O5S2. The molecule has 5 N–H and O–H groups in total. The molecule has 3 aromatic rings. The van der Waals surface area contributed by atoms with Crippen molar-refractivity contribution in [1.29, 1.82) is 0 Å². The molecule has 0 aliphatic carbocycles. The molecule has 1 aromatic carbocycles. The van der Waals surface area contributed by atoms with Gasteiger partial charge in [0.25, 0.3) is 11.5 Å². The number of carbonyl (C=O) groups excluding carboxylic acids is 2. The Morgan fingerprint density at radius 1 is 1.23 bits per heavy atom. The van der Waals surface area contributed by atoms with Gasteiger partial charge in [-0.05, 0) is 23.6 Å². The smallest absolute Gasteiger partial charge is 0.277 e. The van der Waals surface area contributed by atoms with Gasteiger partial charge in [0.05, 0.1) is 10.6 Å². The molecule has 2 aromatic heterocycles. The lowest BCUT2D eigenvalue weighted by molar-refractivity contribution is -0.113. The Morgan fingerprint density at radius 3 is 2.83 bits per heavy atom. The van der Waals surface area contributed by atoms with Crippen molar-refractivity contribution in [2.45, 2.75) is 5.16 Å². The zero-order chi connectivity index (χ0) is 21.1. The van der Waals surface area contributed by atoms with E-state index in [4.69, 9.17) is 15.2 Å². The van der Waals surface area contributed by atoms with Crippen LogP contribution < -0.4 is 31.4 Å². The summed E-state index contributed by atoms with van der Waals surface area (Å²) in [5.41, 5.74) is 5.64. The first-order chi connectivity index (χ1) is 14.5. The van der Waals surface area contributed by atoms with Crippen molar-refractivity contribution >= 4 is 52.1 Å². The largest absolute Gasteiger partial charge is 0.454 e. The van der Waals surface area contributed by atoms with Crippen LogP contribution in [0.3, 0.4) is 0 Å². The van der Waals surface area contributed by atoms with E-state index in [1.165, 1.54) is 11.3 Å². The SMILES string of the molecule is Nc1nc(SCC(=O)Nc2ccc3c(c2)OCO3)[nH]c(=O)c1NC(=O)c1cccs1. The third kappa shape index (κ3) is 4.39. The number of H-pyrrole nitrogens is 1. The van der Waals surface area contributed by atoms with Crippen LogP contribution in [0.15, 0.2) is 45.7 Å². The van der Waals surface area contributed by atoms with Gasteiger partial charge in [-0.3, -0.25) is 19.4 Å². The Morgan fingerprint density at radius 2 is 2.07 bits per heavy atom. The molecule has 0 spiro atoms. The second-order valence-corrected chi connectivity index (χ2v) is 7.88. The van der Waals surface area contributed by atoms with E-state index >= 15 is 0 Å². The van der Waals surface area contributed by atoms with Crippen molar-refractivity contribution in [2.24, 2.45) is 0 Å². The highest BCUT2D eigenvalue weighted by molar-refractivity contribution is 7.99. The fourth-order valence-corrected chi connectivity index (χ4v) is 3.83. The van der Waals surface area contributed by atoms with Crippen molar-refractivity contribution in [1.82, 2.24) is 9.97 Å². The molecule has 0 saturated carbocycles. The molecule has 0 radical (unpaired) electrons. The summed E-state index contributed by atoms with van der Waals surface area (Å²) >= 11 is 2.24. The van der Waals surface area contributed by atoms with Crippen LogP contribution in [-0.2, 0) is 4.79 Å². The second kappa shape index (κ2) is 8.47. The predicted octanol–water partition coefficient (Wildman–Crippen LogP) is 2.13. The van der Waals surface area contributed by atoms with Crippen molar-refractivity contribution < 1.29 is 19.1 Å². The normalized spacial score (nSPS) is 11.9. The first-order valence-electron chi connectivity index (χ1n) is 8.56. The maximum Gasteiger partial charge on any atom is 0.277 e. The number of aromatic nitrogens is 2. The van der Waals surface area contributed by atoms with E-state index in [1.54, 1.807) is 35.7 Å². The number of nitrogens with zero attached hydrogens (tertiary/aromatic N) is 1.